The lowest BCUT2D eigenvalue weighted by atomic mass is 10.0. The molecule has 1 aromatic carbocycles. The number of carbonyl (C=O) groups is 1. The van der Waals surface area contributed by atoms with Gasteiger partial charge in [0.05, 0.1) is 4.92 Å². The van der Waals surface area contributed by atoms with Crippen molar-refractivity contribution >= 4 is 11.6 Å². The van der Waals surface area contributed by atoms with Gasteiger partial charge in [-0.25, -0.2) is 4.39 Å². The SMILES string of the molecule is O=C(c1ccc(F)cc1)N1CCc2ncc([N+](=O)[O-])cc2C1. The third-order valence-corrected chi connectivity index (χ3v) is 3.61. The Kier molecular flexibility index (Phi) is 3.54. The van der Waals surface area contributed by atoms with E-state index in [2.05, 4.69) is 4.98 Å². The van der Waals surface area contributed by atoms with Crippen molar-refractivity contribution in [1.82, 2.24) is 9.88 Å². The zero-order valence-electron chi connectivity index (χ0n) is 11.5. The van der Waals surface area contributed by atoms with Gasteiger partial charge in [0.1, 0.15) is 12.0 Å². The van der Waals surface area contributed by atoms with Crippen molar-refractivity contribution < 1.29 is 14.1 Å². The molecule has 1 aromatic heterocycles. The van der Waals surface area contributed by atoms with E-state index in [0.717, 1.165) is 5.69 Å². The Morgan fingerprint density at radius 3 is 2.73 bits per heavy atom. The quantitative estimate of drug-likeness (QED) is 0.630. The minimum atomic E-state index is -0.506. The molecule has 2 aromatic rings. The van der Waals surface area contributed by atoms with Gasteiger partial charge in [0.15, 0.2) is 0 Å². The average Bonchev–Trinajstić information content (AvgIpc) is 2.53. The van der Waals surface area contributed by atoms with Crippen LogP contribution in [0.15, 0.2) is 36.5 Å². The predicted octanol–water partition coefficient (Wildman–Crippen LogP) is 2.33. The number of halogens is 1. The Morgan fingerprint density at radius 1 is 1.32 bits per heavy atom. The van der Waals surface area contributed by atoms with Crippen molar-refractivity contribution in [3.05, 3.63) is 69.3 Å². The van der Waals surface area contributed by atoms with Crippen molar-refractivity contribution in [2.24, 2.45) is 0 Å². The predicted molar refractivity (Wildman–Crippen MR) is 75.7 cm³/mol. The fourth-order valence-electron chi connectivity index (χ4n) is 2.46. The monoisotopic (exact) mass is 301 g/mol. The number of benzene rings is 1. The van der Waals surface area contributed by atoms with E-state index in [1.807, 2.05) is 0 Å². The molecule has 0 unspecified atom stereocenters. The molecule has 0 saturated heterocycles. The molecule has 0 atom stereocenters. The number of nitro groups is 1. The third-order valence-electron chi connectivity index (χ3n) is 3.61. The van der Waals surface area contributed by atoms with Gasteiger partial charge in [-0.3, -0.25) is 19.9 Å². The van der Waals surface area contributed by atoms with E-state index in [4.69, 9.17) is 0 Å². The Hall–Kier alpha value is -2.83. The van der Waals surface area contributed by atoms with E-state index in [9.17, 15) is 19.3 Å². The number of aromatic nitrogens is 1. The molecule has 0 fully saturated rings. The standard InChI is InChI=1S/C15H12FN3O3/c16-12-3-1-10(2-4-12)15(20)18-6-5-14-11(9-18)7-13(8-17-14)19(21)22/h1-4,7-8H,5-6,9H2. The van der Waals surface area contributed by atoms with E-state index in [1.54, 1.807) is 4.90 Å². The van der Waals surface area contributed by atoms with Crippen molar-refractivity contribution in [1.29, 1.82) is 0 Å². The summed E-state index contributed by atoms with van der Waals surface area (Å²) in [5.74, 6) is -0.627. The summed E-state index contributed by atoms with van der Waals surface area (Å²) in [4.78, 5) is 28.4. The number of hydrogen-bond donors (Lipinski definition) is 0. The highest BCUT2D eigenvalue weighted by molar-refractivity contribution is 5.94. The molecule has 2 heterocycles. The third kappa shape index (κ3) is 2.65. The van der Waals surface area contributed by atoms with E-state index in [-0.39, 0.29) is 18.1 Å². The van der Waals surface area contributed by atoms with Crippen molar-refractivity contribution in [2.45, 2.75) is 13.0 Å². The van der Waals surface area contributed by atoms with Crippen LogP contribution in [0.4, 0.5) is 10.1 Å². The average molecular weight is 301 g/mol. The smallest absolute Gasteiger partial charge is 0.287 e. The van der Waals surface area contributed by atoms with Crippen LogP contribution < -0.4 is 0 Å². The maximum atomic E-state index is 12.9. The Morgan fingerprint density at radius 2 is 2.05 bits per heavy atom. The molecular weight excluding hydrogens is 289 g/mol. The van der Waals surface area contributed by atoms with Gasteiger partial charge < -0.3 is 4.90 Å². The number of carbonyl (C=O) groups excluding carboxylic acids is 1. The van der Waals surface area contributed by atoms with Crippen LogP contribution in [0.5, 0.6) is 0 Å². The van der Waals surface area contributed by atoms with Gasteiger partial charge in [-0.1, -0.05) is 0 Å². The molecule has 112 valence electrons. The second-order valence-electron chi connectivity index (χ2n) is 5.04. The van der Waals surface area contributed by atoms with Gasteiger partial charge in [-0.15, -0.1) is 0 Å². The number of hydrogen-bond acceptors (Lipinski definition) is 4. The van der Waals surface area contributed by atoms with Crippen LogP contribution in [0.3, 0.4) is 0 Å². The maximum Gasteiger partial charge on any atom is 0.287 e. The molecule has 3 rings (SSSR count). The molecule has 1 aliphatic rings. The molecule has 0 aliphatic carbocycles. The number of pyridine rings is 1. The molecule has 0 saturated carbocycles. The van der Waals surface area contributed by atoms with E-state index in [0.29, 0.717) is 24.1 Å². The zero-order valence-corrected chi connectivity index (χ0v) is 11.5. The molecule has 0 spiro atoms. The summed E-state index contributed by atoms with van der Waals surface area (Å²) in [5.41, 5.74) is 1.75. The molecular formula is C15H12FN3O3. The lowest BCUT2D eigenvalue weighted by Crippen LogP contribution is -2.36. The topological polar surface area (TPSA) is 76.3 Å². The van der Waals surface area contributed by atoms with Crippen LogP contribution in [0.25, 0.3) is 0 Å². The first kappa shape index (κ1) is 14.1. The molecule has 0 bridgehead atoms. The highest BCUT2D eigenvalue weighted by atomic mass is 19.1. The molecule has 22 heavy (non-hydrogen) atoms. The number of amides is 1. The fraction of sp³-hybridized carbons (Fsp3) is 0.200. The normalized spacial score (nSPS) is 13.6. The summed E-state index contributed by atoms with van der Waals surface area (Å²) < 4.78 is 12.9. The minimum Gasteiger partial charge on any atom is -0.334 e. The number of rotatable bonds is 2. The highest BCUT2D eigenvalue weighted by Gasteiger charge is 2.24. The van der Waals surface area contributed by atoms with E-state index < -0.39 is 10.7 Å². The first-order valence-electron chi connectivity index (χ1n) is 6.71. The van der Waals surface area contributed by atoms with Crippen molar-refractivity contribution in [3.63, 3.8) is 0 Å². The first-order valence-corrected chi connectivity index (χ1v) is 6.71. The van der Waals surface area contributed by atoms with Gasteiger partial charge in [-0.05, 0) is 29.8 Å². The summed E-state index contributed by atoms with van der Waals surface area (Å²) in [7, 11) is 0. The summed E-state index contributed by atoms with van der Waals surface area (Å²) in [6.45, 7) is 0.744. The first-order chi connectivity index (χ1) is 10.5. The molecule has 0 radical (unpaired) electrons. The fourth-order valence-corrected chi connectivity index (χ4v) is 2.46. The van der Waals surface area contributed by atoms with Gasteiger partial charge >= 0.3 is 0 Å². The molecule has 7 heteroatoms. The van der Waals surface area contributed by atoms with Crippen molar-refractivity contribution in [3.8, 4) is 0 Å². The van der Waals surface area contributed by atoms with Crippen molar-refractivity contribution in [2.75, 3.05) is 6.54 Å². The van der Waals surface area contributed by atoms with Crippen LogP contribution in [-0.4, -0.2) is 27.3 Å². The van der Waals surface area contributed by atoms with Gasteiger partial charge in [0, 0.05) is 36.8 Å². The summed E-state index contributed by atoms with van der Waals surface area (Å²) in [6.07, 6.45) is 1.77. The summed E-state index contributed by atoms with van der Waals surface area (Å²) in [6, 6.07) is 6.78. The second-order valence-corrected chi connectivity index (χ2v) is 5.04. The second kappa shape index (κ2) is 5.51. The van der Waals surface area contributed by atoms with Crippen LogP contribution in [-0.2, 0) is 13.0 Å². The number of fused-ring (bicyclic) bond motifs is 1. The van der Waals surface area contributed by atoms with Crippen LogP contribution in [0.1, 0.15) is 21.6 Å². The summed E-state index contributed by atoms with van der Waals surface area (Å²) in [5, 5.41) is 10.8. The molecule has 1 aliphatic heterocycles. The number of nitrogens with zero attached hydrogens (tertiary/aromatic N) is 3. The highest BCUT2D eigenvalue weighted by Crippen LogP contribution is 2.22. The largest absolute Gasteiger partial charge is 0.334 e. The Balaban J connectivity index is 1.84. The molecule has 6 nitrogen and oxygen atoms in total. The van der Waals surface area contributed by atoms with E-state index in [1.165, 1.54) is 36.5 Å². The maximum absolute atomic E-state index is 12.9. The molecule has 1 amide bonds. The van der Waals surface area contributed by atoms with Crippen LogP contribution in [0.2, 0.25) is 0 Å². The van der Waals surface area contributed by atoms with E-state index >= 15 is 0 Å². The lowest BCUT2D eigenvalue weighted by molar-refractivity contribution is -0.385. The van der Waals surface area contributed by atoms with Crippen LogP contribution in [0, 0.1) is 15.9 Å². The Bertz CT molecular complexity index is 746. The van der Waals surface area contributed by atoms with Gasteiger partial charge in [0.2, 0.25) is 0 Å². The molecule has 0 N–H and O–H groups in total. The van der Waals surface area contributed by atoms with Gasteiger partial charge in [-0.2, -0.15) is 0 Å². The summed E-state index contributed by atoms with van der Waals surface area (Å²) >= 11 is 0. The minimum absolute atomic E-state index is 0.0881. The zero-order chi connectivity index (χ0) is 15.7. The van der Waals surface area contributed by atoms with Gasteiger partial charge in [0.25, 0.3) is 11.6 Å². The lowest BCUT2D eigenvalue weighted by Gasteiger charge is -2.28. The van der Waals surface area contributed by atoms with Crippen LogP contribution >= 0.6 is 0 Å². The Labute approximate surface area is 125 Å².